The number of anilines is 1. The summed E-state index contributed by atoms with van der Waals surface area (Å²) < 4.78 is 15.5. The van der Waals surface area contributed by atoms with Gasteiger partial charge in [-0.15, -0.1) is 0 Å². The Hall–Kier alpha value is -1.76. The van der Waals surface area contributed by atoms with Crippen LogP contribution in [0.25, 0.3) is 0 Å². The molecule has 0 aliphatic rings. The number of benzene rings is 1. The summed E-state index contributed by atoms with van der Waals surface area (Å²) in [6.07, 6.45) is 0. The zero-order valence-electron chi connectivity index (χ0n) is 11.3. The Morgan fingerprint density at radius 2 is 2.00 bits per heavy atom. The van der Waals surface area contributed by atoms with E-state index in [0.29, 0.717) is 11.3 Å². The zero-order chi connectivity index (χ0) is 14.8. The summed E-state index contributed by atoms with van der Waals surface area (Å²) in [6.45, 7) is 7.10. The smallest absolute Gasteiger partial charge is 0.292 e. The molecule has 0 spiro atoms. The Bertz CT molecular complexity index is 562. The molecule has 0 aliphatic heterocycles. The van der Waals surface area contributed by atoms with Gasteiger partial charge in [0.05, 0.1) is 15.4 Å². The van der Waals surface area contributed by atoms with Gasteiger partial charge in [-0.25, -0.2) is 4.21 Å². The van der Waals surface area contributed by atoms with Crippen molar-refractivity contribution in [2.24, 2.45) is 4.40 Å². The summed E-state index contributed by atoms with van der Waals surface area (Å²) >= 11 is 0. The van der Waals surface area contributed by atoms with Crippen molar-refractivity contribution in [3.63, 3.8) is 0 Å². The molecule has 7 heteroatoms. The fourth-order valence-electron chi connectivity index (χ4n) is 1.24. The molecule has 6 nitrogen and oxygen atoms in total. The number of nitro groups is 1. The highest BCUT2D eigenvalue weighted by Crippen LogP contribution is 2.23. The monoisotopic (exact) mass is 283 g/mol. The summed E-state index contributed by atoms with van der Waals surface area (Å²) in [7, 11) is -1.40. The third kappa shape index (κ3) is 3.85. The van der Waals surface area contributed by atoms with Gasteiger partial charge in [0, 0.05) is 11.6 Å². The van der Waals surface area contributed by atoms with Crippen LogP contribution < -0.4 is 5.73 Å². The van der Waals surface area contributed by atoms with Crippen LogP contribution in [0, 0.1) is 10.1 Å². The average Bonchev–Trinajstić information content (AvgIpc) is 2.27. The number of nitrogen functional groups attached to an aromatic ring is 1. The first-order valence-electron chi connectivity index (χ1n) is 5.64. The molecule has 1 rings (SSSR count). The van der Waals surface area contributed by atoms with Gasteiger partial charge in [0.1, 0.15) is 16.7 Å². The van der Waals surface area contributed by atoms with Crippen LogP contribution in [0.5, 0.6) is 0 Å². The number of rotatable bonds is 3. The summed E-state index contributed by atoms with van der Waals surface area (Å²) in [5, 5.41) is 10.8. The van der Waals surface area contributed by atoms with Gasteiger partial charge in [-0.05, 0) is 33.8 Å². The van der Waals surface area contributed by atoms with Crippen LogP contribution in [0.3, 0.4) is 0 Å². The second-order valence-electron chi connectivity index (χ2n) is 5.07. The van der Waals surface area contributed by atoms with E-state index < -0.39 is 20.7 Å². The number of nitrogens with zero attached hydrogens (tertiary/aromatic N) is 2. The molecule has 2 N–H and O–H groups in total. The molecule has 104 valence electrons. The summed E-state index contributed by atoms with van der Waals surface area (Å²) in [6, 6.07) is 4.42. The standard InChI is InChI=1S/C12H17N3O3S/c1-8(14-19(18)12(2,3)4)9-5-6-10(13)11(7-9)15(16)17/h5-7H,13H2,1-4H3/t19-/m0/s1. The van der Waals surface area contributed by atoms with Crippen molar-refractivity contribution in [1.82, 2.24) is 0 Å². The number of nitrogens with two attached hydrogens (primary N) is 1. The van der Waals surface area contributed by atoms with Crippen molar-refractivity contribution >= 4 is 28.1 Å². The molecule has 0 aromatic heterocycles. The first kappa shape index (κ1) is 15.3. The normalized spacial score (nSPS) is 14.2. The van der Waals surface area contributed by atoms with Crippen molar-refractivity contribution in [3.8, 4) is 0 Å². The van der Waals surface area contributed by atoms with Crippen LogP contribution in [-0.4, -0.2) is 19.6 Å². The Labute approximate surface area is 114 Å². The summed E-state index contributed by atoms with van der Waals surface area (Å²) in [5.74, 6) is 0. The second-order valence-corrected chi connectivity index (χ2v) is 6.97. The lowest BCUT2D eigenvalue weighted by Crippen LogP contribution is -2.20. The van der Waals surface area contributed by atoms with Crippen LogP contribution in [0.1, 0.15) is 33.3 Å². The fraction of sp³-hybridized carbons (Fsp3) is 0.417. The quantitative estimate of drug-likeness (QED) is 0.398. The molecule has 0 saturated carbocycles. The molecule has 0 aliphatic carbocycles. The fourth-order valence-corrected chi connectivity index (χ4v) is 1.87. The molecule has 0 unspecified atom stereocenters. The van der Waals surface area contributed by atoms with E-state index >= 15 is 0 Å². The maximum Gasteiger partial charge on any atom is 0.292 e. The predicted octanol–water partition coefficient (Wildman–Crippen LogP) is 2.45. The van der Waals surface area contributed by atoms with Gasteiger partial charge in [-0.3, -0.25) is 10.1 Å². The molecule has 0 heterocycles. The summed E-state index contributed by atoms with van der Waals surface area (Å²) in [4.78, 5) is 10.3. The number of hydrogen-bond donors (Lipinski definition) is 1. The molecule has 19 heavy (non-hydrogen) atoms. The molecule has 1 atom stereocenters. The maximum absolute atomic E-state index is 11.9. The van der Waals surface area contributed by atoms with Crippen molar-refractivity contribution in [2.45, 2.75) is 32.4 Å². The van der Waals surface area contributed by atoms with Crippen molar-refractivity contribution in [3.05, 3.63) is 33.9 Å². The van der Waals surface area contributed by atoms with Gasteiger partial charge in [0.25, 0.3) is 5.69 Å². The highest BCUT2D eigenvalue weighted by Gasteiger charge is 2.20. The van der Waals surface area contributed by atoms with E-state index in [2.05, 4.69) is 4.40 Å². The topological polar surface area (TPSA) is 98.6 Å². The SMILES string of the molecule is CC(=N[S@@](=O)C(C)(C)C)c1ccc(N)c([N+](=O)[O-])c1. The van der Waals surface area contributed by atoms with Gasteiger partial charge in [0.2, 0.25) is 0 Å². The van der Waals surface area contributed by atoms with Gasteiger partial charge < -0.3 is 5.73 Å². The Morgan fingerprint density at radius 1 is 1.42 bits per heavy atom. The van der Waals surface area contributed by atoms with E-state index in [-0.39, 0.29) is 11.4 Å². The maximum atomic E-state index is 11.9. The number of nitro benzene ring substituents is 1. The lowest BCUT2D eigenvalue weighted by Gasteiger charge is -2.14. The largest absolute Gasteiger partial charge is 0.393 e. The number of hydrogen-bond acceptors (Lipinski definition) is 4. The zero-order valence-corrected chi connectivity index (χ0v) is 12.2. The molecule has 1 aromatic carbocycles. The Morgan fingerprint density at radius 3 is 2.47 bits per heavy atom. The van der Waals surface area contributed by atoms with Crippen molar-refractivity contribution in [1.29, 1.82) is 0 Å². The third-order valence-electron chi connectivity index (χ3n) is 2.39. The highest BCUT2D eigenvalue weighted by atomic mass is 32.2. The lowest BCUT2D eigenvalue weighted by atomic mass is 10.1. The highest BCUT2D eigenvalue weighted by molar-refractivity contribution is 7.85. The van der Waals surface area contributed by atoms with Crippen molar-refractivity contribution in [2.75, 3.05) is 5.73 Å². The molecule has 0 fully saturated rings. The third-order valence-corrected chi connectivity index (χ3v) is 3.88. The van der Waals surface area contributed by atoms with Gasteiger partial charge >= 0.3 is 0 Å². The molecular formula is C12H17N3O3S. The molecule has 0 amide bonds. The molecule has 0 saturated heterocycles. The van der Waals surface area contributed by atoms with Gasteiger partial charge in [-0.2, -0.15) is 4.40 Å². The summed E-state index contributed by atoms with van der Waals surface area (Å²) in [5.41, 5.74) is 6.47. The minimum Gasteiger partial charge on any atom is -0.393 e. The second kappa shape index (κ2) is 5.48. The predicted molar refractivity (Wildman–Crippen MR) is 77.6 cm³/mol. The van der Waals surface area contributed by atoms with Crippen LogP contribution in [-0.2, 0) is 11.0 Å². The molecule has 1 aromatic rings. The minimum atomic E-state index is -1.40. The molecule has 0 radical (unpaired) electrons. The van der Waals surface area contributed by atoms with Gasteiger partial charge in [0.15, 0.2) is 0 Å². The van der Waals surface area contributed by atoms with Crippen LogP contribution >= 0.6 is 0 Å². The van der Waals surface area contributed by atoms with Crippen molar-refractivity contribution < 1.29 is 9.13 Å². The molecule has 0 bridgehead atoms. The van der Waals surface area contributed by atoms with E-state index in [9.17, 15) is 14.3 Å². The lowest BCUT2D eigenvalue weighted by molar-refractivity contribution is -0.383. The Kier molecular flexibility index (Phi) is 4.41. The first-order valence-corrected chi connectivity index (χ1v) is 6.75. The average molecular weight is 283 g/mol. The van der Waals surface area contributed by atoms with Crippen LogP contribution in [0.2, 0.25) is 0 Å². The van der Waals surface area contributed by atoms with Crippen LogP contribution in [0.15, 0.2) is 22.6 Å². The Balaban J connectivity index is 3.17. The van der Waals surface area contributed by atoms with E-state index in [1.165, 1.54) is 12.1 Å². The van der Waals surface area contributed by atoms with Gasteiger partial charge in [-0.1, -0.05) is 6.07 Å². The van der Waals surface area contributed by atoms with E-state index in [4.69, 9.17) is 5.73 Å². The minimum absolute atomic E-state index is 0.0958. The van der Waals surface area contributed by atoms with E-state index in [1.54, 1.807) is 13.0 Å². The van der Waals surface area contributed by atoms with E-state index in [0.717, 1.165) is 0 Å². The van der Waals surface area contributed by atoms with Crippen LogP contribution in [0.4, 0.5) is 11.4 Å². The molecular weight excluding hydrogens is 266 g/mol. The van der Waals surface area contributed by atoms with E-state index in [1.807, 2.05) is 20.8 Å². The first-order chi connectivity index (χ1) is 8.62.